The van der Waals surface area contributed by atoms with Crippen molar-refractivity contribution >= 4 is 15.9 Å². The van der Waals surface area contributed by atoms with Crippen molar-refractivity contribution in [3.63, 3.8) is 0 Å². The maximum absolute atomic E-state index is 12.7. The summed E-state index contributed by atoms with van der Waals surface area (Å²) in [5.74, 6) is -0.203. The van der Waals surface area contributed by atoms with Crippen LogP contribution in [0.2, 0.25) is 0 Å². The van der Waals surface area contributed by atoms with Crippen LogP contribution in [0.5, 0.6) is 0 Å². The smallest absolute Gasteiger partial charge is 0.253 e. The third-order valence-corrected chi connectivity index (χ3v) is 6.02. The second-order valence-corrected chi connectivity index (χ2v) is 8.06. The van der Waals surface area contributed by atoms with Crippen LogP contribution in [0, 0.1) is 0 Å². The predicted molar refractivity (Wildman–Crippen MR) is 97.1 cm³/mol. The Morgan fingerprint density at radius 1 is 1.20 bits per heavy atom. The fourth-order valence-electron chi connectivity index (χ4n) is 2.76. The summed E-state index contributed by atoms with van der Waals surface area (Å²) >= 11 is 0. The van der Waals surface area contributed by atoms with E-state index in [0.717, 1.165) is 0 Å². The van der Waals surface area contributed by atoms with Gasteiger partial charge >= 0.3 is 0 Å². The summed E-state index contributed by atoms with van der Waals surface area (Å²) in [6.07, 6.45) is 0.669. The van der Waals surface area contributed by atoms with Crippen molar-refractivity contribution in [1.82, 2.24) is 14.5 Å². The molecule has 0 aliphatic carbocycles. The highest BCUT2D eigenvalue weighted by molar-refractivity contribution is 7.89. The molecule has 140 valence electrons. The number of benzene rings is 1. The van der Waals surface area contributed by atoms with E-state index >= 15 is 0 Å². The molecule has 0 atom stereocenters. The van der Waals surface area contributed by atoms with Crippen LogP contribution in [0.4, 0.5) is 0 Å². The Morgan fingerprint density at radius 2 is 1.88 bits per heavy atom. The first-order valence-electron chi connectivity index (χ1n) is 8.56. The maximum atomic E-state index is 12.7. The third-order valence-electron chi connectivity index (χ3n) is 4.17. The molecule has 7 nitrogen and oxygen atoms in total. The highest BCUT2D eigenvalue weighted by atomic mass is 32.2. The van der Waals surface area contributed by atoms with E-state index < -0.39 is 10.0 Å². The first-order valence-corrected chi connectivity index (χ1v) is 10.2. The van der Waals surface area contributed by atoms with E-state index in [9.17, 15) is 13.2 Å². The number of methoxy groups -OCH3 is 1. The maximum Gasteiger partial charge on any atom is 0.253 e. The molecule has 25 heavy (non-hydrogen) atoms. The molecular formula is C17H27N3O4S. The number of carbonyl (C=O) groups is 1. The normalized spacial score (nSPS) is 15.9. The first kappa shape index (κ1) is 19.8. The molecule has 1 amide bonds. The van der Waals surface area contributed by atoms with Gasteiger partial charge < -0.3 is 15.0 Å². The molecule has 0 bridgehead atoms. The third kappa shape index (κ3) is 6.07. The van der Waals surface area contributed by atoms with Crippen molar-refractivity contribution in [2.45, 2.75) is 6.42 Å². The standard InChI is InChI=1S/C17H27N3O4S/c1-24-14-5-10-19(17(21)16-6-3-2-4-7-16)13-15-25(22,23)20-11-8-18-9-12-20/h2-4,6-7,18H,5,8-15H2,1H3. The lowest BCUT2D eigenvalue weighted by Crippen LogP contribution is -2.48. The van der Waals surface area contributed by atoms with Gasteiger partial charge in [-0.3, -0.25) is 4.79 Å². The van der Waals surface area contributed by atoms with Crippen molar-refractivity contribution in [1.29, 1.82) is 0 Å². The SMILES string of the molecule is COCCCN(CCS(=O)(=O)N1CCNCC1)C(=O)c1ccccc1. The monoisotopic (exact) mass is 369 g/mol. The summed E-state index contributed by atoms with van der Waals surface area (Å²) in [6.45, 7) is 3.49. The molecule has 2 rings (SSSR count). The van der Waals surface area contributed by atoms with Gasteiger partial charge in [-0.1, -0.05) is 18.2 Å². The predicted octanol–water partition coefficient (Wildman–Crippen LogP) is 0.400. The Hall–Kier alpha value is -1.48. The minimum atomic E-state index is -3.36. The topological polar surface area (TPSA) is 79.0 Å². The summed E-state index contributed by atoms with van der Waals surface area (Å²) in [4.78, 5) is 14.3. The fraction of sp³-hybridized carbons (Fsp3) is 0.588. The number of sulfonamides is 1. The van der Waals surface area contributed by atoms with Crippen LogP contribution in [0.1, 0.15) is 16.8 Å². The van der Waals surface area contributed by atoms with Gasteiger partial charge in [0.15, 0.2) is 0 Å². The number of ether oxygens (including phenoxy) is 1. The van der Waals surface area contributed by atoms with E-state index in [4.69, 9.17) is 4.74 Å². The van der Waals surface area contributed by atoms with Crippen molar-refractivity contribution in [3.05, 3.63) is 35.9 Å². The number of nitrogens with one attached hydrogen (secondary N) is 1. The molecule has 1 saturated heterocycles. The minimum absolute atomic E-state index is 0.0570. The molecule has 1 aliphatic heterocycles. The van der Waals surface area contributed by atoms with Gasteiger partial charge in [-0.25, -0.2) is 8.42 Å². The van der Waals surface area contributed by atoms with Crippen molar-refractivity contribution in [2.24, 2.45) is 0 Å². The van der Waals surface area contributed by atoms with Gasteiger partial charge in [0.05, 0.1) is 5.75 Å². The Labute approximate surface area is 150 Å². The molecule has 1 aliphatic rings. The van der Waals surface area contributed by atoms with E-state index in [2.05, 4.69) is 5.32 Å². The van der Waals surface area contributed by atoms with Crippen molar-refractivity contribution in [2.75, 3.05) is 58.7 Å². The van der Waals surface area contributed by atoms with E-state index in [1.165, 1.54) is 4.31 Å². The van der Waals surface area contributed by atoms with Crippen LogP contribution < -0.4 is 5.32 Å². The molecule has 1 heterocycles. The fourth-order valence-corrected chi connectivity index (χ4v) is 4.20. The summed E-state index contributed by atoms with van der Waals surface area (Å²) in [7, 11) is -1.75. The molecule has 1 N–H and O–H groups in total. The Morgan fingerprint density at radius 3 is 2.52 bits per heavy atom. The Balaban J connectivity index is 2.01. The summed E-state index contributed by atoms with van der Waals surface area (Å²) in [6, 6.07) is 8.95. The lowest BCUT2D eigenvalue weighted by molar-refractivity contribution is 0.0747. The van der Waals surface area contributed by atoms with Gasteiger partial charge in [0.1, 0.15) is 0 Å². The molecule has 8 heteroatoms. The van der Waals surface area contributed by atoms with Gasteiger partial charge in [-0.2, -0.15) is 4.31 Å². The summed E-state index contributed by atoms with van der Waals surface area (Å²) < 4.78 is 31.6. The molecule has 0 radical (unpaired) electrons. The minimum Gasteiger partial charge on any atom is -0.385 e. The Bertz CT molecular complexity index is 631. The lowest BCUT2D eigenvalue weighted by atomic mass is 10.2. The number of hydrogen-bond donors (Lipinski definition) is 1. The van der Waals surface area contributed by atoms with E-state index in [0.29, 0.717) is 51.3 Å². The summed E-state index contributed by atoms with van der Waals surface area (Å²) in [5, 5.41) is 3.14. The number of carbonyl (C=O) groups excluding carboxylic acids is 1. The molecule has 0 saturated carbocycles. The average molecular weight is 369 g/mol. The van der Waals surface area contributed by atoms with E-state index in [1.807, 2.05) is 6.07 Å². The molecular weight excluding hydrogens is 342 g/mol. The highest BCUT2D eigenvalue weighted by Gasteiger charge is 2.25. The molecule has 0 spiro atoms. The Kier molecular flexibility index (Phi) is 7.83. The van der Waals surface area contributed by atoms with Gasteiger partial charge in [0, 0.05) is 58.5 Å². The zero-order valence-corrected chi connectivity index (χ0v) is 15.5. The van der Waals surface area contributed by atoms with Crippen molar-refractivity contribution in [3.8, 4) is 0 Å². The van der Waals surface area contributed by atoms with Crippen LogP contribution in [0.25, 0.3) is 0 Å². The number of amides is 1. The van der Waals surface area contributed by atoms with Crippen LogP contribution in [-0.2, 0) is 14.8 Å². The van der Waals surface area contributed by atoms with E-state index in [1.54, 1.807) is 36.3 Å². The van der Waals surface area contributed by atoms with E-state index in [-0.39, 0.29) is 18.2 Å². The molecule has 1 aromatic rings. The second-order valence-electron chi connectivity index (χ2n) is 5.97. The molecule has 0 unspecified atom stereocenters. The zero-order chi connectivity index (χ0) is 18.1. The van der Waals surface area contributed by atoms with Gasteiger partial charge in [0.2, 0.25) is 10.0 Å². The van der Waals surface area contributed by atoms with Gasteiger partial charge in [-0.05, 0) is 18.6 Å². The van der Waals surface area contributed by atoms with Crippen LogP contribution in [0.3, 0.4) is 0 Å². The second kappa shape index (κ2) is 9.86. The molecule has 1 aromatic carbocycles. The average Bonchev–Trinajstić information content (AvgIpc) is 2.65. The number of rotatable bonds is 9. The number of hydrogen-bond acceptors (Lipinski definition) is 5. The first-order chi connectivity index (χ1) is 12.0. The van der Waals surface area contributed by atoms with Crippen LogP contribution >= 0.6 is 0 Å². The largest absolute Gasteiger partial charge is 0.385 e. The zero-order valence-electron chi connectivity index (χ0n) is 14.7. The van der Waals surface area contributed by atoms with Crippen LogP contribution in [-0.4, -0.2) is 82.3 Å². The van der Waals surface area contributed by atoms with Gasteiger partial charge in [-0.15, -0.1) is 0 Å². The highest BCUT2D eigenvalue weighted by Crippen LogP contribution is 2.09. The quantitative estimate of drug-likeness (QED) is 0.638. The van der Waals surface area contributed by atoms with Gasteiger partial charge in [0.25, 0.3) is 5.91 Å². The van der Waals surface area contributed by atoms with Crippen LogP contribution in [0.15, 0.2) is 30.3 Å². The molecule has 0 aromatic heterocycles. The lowest BCUT2D eigenvalue weighted by Gasteiger charge is -2.28. The number of nitrogens with zero attached hydrogens (tertiary/aromatic N) is 2. The summed E-state index contributed by atoms with van der Waals surface area (Å²) in [5.41, 5.74) is 0.569. The van der Waals surface area contributed by atoms with Crippen molar-refractivity contribution < 1.29 is 17.9 Å². The molecule has 1 fully saturated rings. The number of piperazine rings is 1.